The van der Waals surface area contributed by atoms with Crippen molar-refractivity contribution in [2.24, 2.45) is 5.92 Å². The van der Waals surface area contributed by atoms with Gasteiger partial charge in [0, 0.05) is 22.8 Å². The van der Waals surface area contributed by atoms with Crippen molar-refractivity contribution >= 4 is 11.3 Å². The van der Waals surface area contributed by atoms with Gasteiger partial charge in [0.05, 0.1) is 0 Å². The molecule has 0 saturated carbocycles. The van der Waals surface area contributed by atoms with Crippen LogP contribution in [0.3, 0.4) is 0 Å². The molecule has 96 valence electrons. The summed E-state index contributed by atoms with van der Waals surface area (Å²) in [5, 5.41) is 3.48. The number of nitrogens with zero attached hydrogens (tertiary/aromatic N) is 1. The van der Waals surface area contributed by atoms with Crippen LogP contribution in [0.15, 0.2) is 12.1 Å². The van der Waals surface area contributed by atoms with Gasteiger partial charge in [-0.15, -0.1) is 11.3 Å². The molecule has 0 radical (unpaired) electrons. The monoisotopic (exact) mass is 252 g/mol. The van der Waals surface area contributed by atoms with Crippen LogP contribution in [0.4, 0.5) is 0 Å². The first-order valence-corrected chi connectivity index (χ1v) is 7.58. The lowest BCUT2D eigenvalue weighted by Crippen LogP contribution is -2.39. The summed E-state index contributed by atoms with van der Waals surface area (Å²) in [6.07, 6.45) is 2.76. The van der Waals surface area contributed by atoms with E-state index in [1.165, 1.54) is 42.2 Å². The van der Waals surface area contributed by atoms with Crippen LogP contribution in [0.1, 0.15) is 29.5 Å². The fourth-order valence-corrected chi connectivity index (χ4v) is 3.53. The van der Waals surface area contributed by atoms with Gasteiger partial charge in [-0.2, -0.15) is 0 Å². The van der Waals surface area contributed by atoms with E-state index < -0.39 is 0 Å². The van der Waals surface area contributed by atoms with Gasteiger partial charge in [0.2, 0.25) is 0 Å². The summed E-state index contributed by atoms with van der Waals surface area (Å²) >= 11 is 1.94. The van der Waals surface area contributed by atoms with Gasteiger partial charge in [0.15, 0.2) is 0 Å². The average Bonchev–Trinajstić information content (AvgIpc) is 2.73. The van der Waals surface area contributed by atoms with E-state index in [1.54, 1.807) is 0 Å². The van der Waals surface area contributed by atoms with Crippen molar-refractivity contribution < 1.29 is 0 Å². The molecule has 2 nitrogen and oxygen atoms in total. The molecule has 3 heteroatoms. The highest BCUT2D eigenvalue weighted by molar-refractivity contribution is 7.11. The third-order valence-corrected chi connectivity index (χ3v) is 4.45. The Morgan fingerprint density at radius 1 is 1.47 bits per heavy atom. The quantitative estimate of drug-likeness (QED) is 0.867. The highest BCUT2D eigenvalue weighted by Crippen LogP contribution is 2.21. The molecule has 0 bridgehead atoms. The van der Waals surface area contributed by atoms with Gasteiger partial charge in [-0.1, -0.05) is 6.92 Å². The number of likely N-dealkylation sites (tertiary alicyclic amines) is 1. The van der Waals surface area contributed by atoms with Crippen LogP contribution in [-0.4, -0.2) is 31.1 Å². The molecule has 0 aliphatic carbocycles. The van der Waals surface area contributed by atoms with Gasteiger partial charge >= 0.3 is 0 Å². The largest absolute Gasteiger partial charge is 0.317 e. The maximum Gasteiger partial charge on any atom is 0.0328 e. The SMILES string of the molecule is CCNCC1CCCN(Cc2ccc(C)s2)C1. The van der Waals surface area contributed by atoms with Crippen LogP contribution in [0.2, 0.25) is 0 Å². The van der Waals surface area contributed by atoms with Crippen molar-refractivity contribution in [3.05, 3.63) is 21.9 Å². The van der Waals surface area contributed by atoms with Crippen LogP contribution in [0.25, 0.3) is 0 Å². The molecule has 1 aromatic heterocycles. The minimum atomic E-state index is 0.852. The zero-order chi connectivity index (χ0) is 12.1. The second-order valence-corrected chi connectivity index (χ2v) is 6.44. The lowest BCUT2D eigenvalue weighted by atomic mass is 9.98. The molecule has 1 aliphatic rings. The molecule has 1 fully saturated rings. The molecular formula is C14H24N2S. The molecule has 2 rings (SSSR count). The average molecular weight is 252 g/mol. The summed E-state index contributed by atoms with van der Waals surface area (Å²) in [5.41, 5.74) is 0. The number of nitrogens with one attached hydrogen (secondary N) is 1. The number of hydrogen-bond donors (Lipinski definition) is 1. The van der Waals surface area contributed by atoms with Crippen molar-refractivity contribution in [3.8, 4) is 0 Å². The maximum atomic E-state index is 3.48. The van der Waals surface area contributed by atoms with E-state index in [0.29, 0.717) is 0 Å². The van der Waals surface area contributed by atoms with E-state index >= 15 is 0 Å². The smallest absolute Gasteiger partial charge is 0.0328 e. The molecular weight excluding hydrogens is 228 g/mol. The molecule has 1 atom stereocenters. The van der Waals surface area contributed by atoms with Crippen LogP contribution in [-0.2, 0) is 6.54 Å². The number of hydrogen-bond acceptors (Lipinski definition) is 3. The second kappa shape index (κ2) is 6.53. The highest BCUT2D eigenvalue weighted by Gasteiger charge is 2.19. The summed E-state index contributed by atoms with van der Waals surface area (Å²) in [5.74, 6) is 0.852. The summed E-state index contributed by atoms with van der Waals surface area (Å²) in [7, 11) is 0. The molecule has 17 heavy (non-hydrogen) atoms. The highest BCUT2D eigenvalue weighted by atomic mass is 32.1. The fraction of sp³-hybridized carbons (Fsp3) is 0.714. The molecule has 0 spiro atoms. The van der Waals surface area contributed by atoms with Crippen LogP contribution in [0, 0.1) is 12.8 Å². The molecule has 1 N–H and O–H groups in total. The van der Waals surface area contributed by atoms with Crippen molar-refractivity contribution in [1.29, 1.82) is 0 Å². The minimum absolute atomic E-state index is 0.852. The molecule has 0 amide bonds. The van der Waals surface area contributed by atoms with Crippen LogP contribution < -0.4 is 5.32 Å². The Hall–Kier alpha value is -0.380. The van der Waals surface area contributed by atoms with E-state index in [2.05, 4.69) is 36.2 Å². The Morgan fingerprint density at radius 2 is 2.35 bits per heavy atom. The molecule has 1 aliphatic heterocycles. The first kappa shape index (κ1) is 13.1. The van der Waals surface area contributed by atoms with Gasteiger partial charge in [-0.05, 0) is 57.5 Å². The summed E-state index contributed by atoms with van der Waals surface area (Å²) in [6.45, 7) is 10.4. The lowest BCUT2D eigenvalue weighted by Gasteiger charge is -2.32. The Balaban J connectivity index is 1.80. The van der Waals surface area contributed by atoms with Crippen molar-refractivity contribution in [1.82, 2.24) is 10.2 Å². The Bertz CT molecular complexity index is 335. The van der Waals surface area contributed by atoms with E-state index in [0.717, 1.165) is 19.0 Å². The van der Waals surface area contributed by atoms with Crippen molar-refractivity contribution in [2.45, 2.75) is 33.2 Å². The number of thiophene rings is 1. The zero-order valence-corrected chi connectivity index (χ0v) is 11.9. The van der Waals surface area contributed by atoms with E-state index in [4.69, 9.17) is 0 Å². The zero-order valence-electron chi connectivity index (χ0n) is 11.0. The van der Waals surface area contributed by atoms with Gasteiger partial charge in [-0.25, -0.2) is 0 Å². The third-order valence-electron chi connectivity index (χ3n) is 3.46. The normalized spacial score (nSPS) is 21.9. The summed E-state index contributed by atoms with van der Waals surface area (Å²) in [4.78, 5) is 5.57. The van der Waals surface area contributed by atoms with E-state index in [9.17, 15) is 0 Å². The summed E-state index contributed by atoms with van der Waals surface area (Å²) < 4.78 is 0. The molecule has 0 aromatic carbocycles. The molecule has 2 heterocycles. The van der Waals surface area contributed by atoms with Gasteiger partial charge in [0.1, 0.15) is 0 Å². The standard InChI is InChI=1S/C14H24N2S/c1-3-15-9-13-5-4-8-16(10-13)11-14-7-6-12(2)17-14/h6-7,13,15H,3-5,8-11H2,1-2H3. The van der Waals surface area contributed by atoms with E-state index in [-0.39, 0.29) is 0 Å². The minimum Gasteiger partial charge on any atom is -0.317 e. The van der Waals surface area contributed by atoms with Crippen molar-refractivity contribution in [3.63, 3.8) is 0 Å². The first-order valence-electron chi connectivity index (χ1n) is 6.76. The van der Waals surface area contributed by atoms with Crippen LogP contribution >= 0.6 is 11.3 Å². The van der Waals surface area contributed by atoms with Crippen LogP contribution in [0.5, 0.6) is 0 Å². The summed E-state index contributed by atoms with van der Waals surface area (Å²) in [6, 6.07) is 4.52. The number of aryl methyl sites for hydroxylation is 1. The van der Waals surface area contributed by atoms with Gasteiger partial charge < -0.3 is 5.32 Å². The van der Waals surface area contributed by atoms with Gasteiger partial charge in [0.25, 0.3) is 0 Å². The maximum absolute atomic E-state index is 3.48. The lowest BCUT2D eigenvalue weighted by molar-refractivity contribution is 0.167. The predicted octanol–water partition coefficient (Wildman–Crippen LogP) is 2.88. The molecule has 1 unspecified atom stereocenters. The Morgan fingerprint density at radius 3 is 3.06 bits per heavy atom. The van der Waals surface area contributed by atoms with E-state index in [1.807, 2.05) is 11.3 Å². The third kappa shape index (κ3) is 4.09. The molecule has 1 aromatic rings. The topological polar surface area (TPSA) is 15.3 Å². The van der Waals surface area contributed by atoms with Gasteiger partial charge in [-0.3, -0.25) is 4.90 Å². The van der Waals surface area contributed by atoms with Crippen molar-refractivity contribution in [2.75, 3.05) is 26.2 Å². The number of rotatable bonds is 5. The second-order valence-electron chi connectivity index (χ2n) is 5.06. The first-order chi connectivity index (χ1) is 8.28. The Labute approximate surface area is 109 Å². The predicted molar refractivity (Wildman–Crippen MR) is 75.6 cm³/mol. The number of piperidine rings is 1. The fourth-order valence-electron chi connectivity index (χ4n) is 2.60. The molecule has 1 saturated heterocycles. The Kier molecular flexibility index (Phi) is 5.01.